The fraction of sp³-hybridized carbons (Fsp3) is 0.625. The summed E-state index contributed by atoms with van der Waals surface area (Å²) in [6.45, 7) is 4.69. The first-order valence-corrected chi connectivity index (χ1v) is 7.05. The van der Waals surface area contributed by atoms with Gasteiger partial charge in [-0.25, -0.2) is 0 Å². The molecule has 3 heteroatoms. The first kappa shape index (κ1) is 15.8. The number of nitrogens with zero attached hydrogens (tertiary/aromatic N) is 1. The lowest BCUT2D eigenvalue weighted by Gasteiger charge is -2.13. The van der Waals surface area contributed by atoms with E-state index in [1.165, 1.54) is 45.3 Å². The standard InChI is InChI=1S/C15H24N2O.CH4/c16-14-6-8-15(9-7-14)18-13-5-1-2-10-17-11-3-4-12-17;/h6-9H,1-5,10-13,16H2;1H4. The molecule has 1 saturated heterocycles. The minimum Gasteiger partial charge on any atom is -0.494 e. The van der Waals surface area contributed by atoms with Crippen molar-refractivity contribution < 1.29 is 4.74 Å². The number of nitrogens with two attached hydrogens (primary N) is 1. The van der Waals surface area contributed by atoms with Crippen LogP contribution < -0.4 is 10.5 Å². The molecule has 0 saturated carbocycles. The van der Waals surface area contributed by atoms with Crippen molar-refractivity contribution in [2.24, 2.45) is 0 Å². The molecule has 1 aromatic carbocycles. The maximum atomic E-state index is 5.66. The Morgan fingerprint density at radius 1 is 1.00 bits per heavy atom. The predicted molar refractivity (Wildman–Crippen MR) is 82.6 cm³/mol. The lowest BCUT2D eigenvalue weighted by atomic mass is 10.2. The Morgan fingerprint density at radius 2 is 1.68 bits per heavy atom. The van der Waals surface area contributed by atoms with E-state index in [4.69, 9.17) is 10.5 Å². The van der Waals surface area contributed by atoms with Gasteiger partial charge in [0.15, 0.2) is 0 Å². The second-order valence-electron chi connectivity index (χ2n) is 5.03. The van der Waals surface area contributed by atoms with Crippen molar-refractivity contribution in [3.05, 3.63) is 24.3 Å². The molecule has 1 aliphatic rings. The summed E-state index contributed by atoms with van der Waals surface area (Å²) in [5.41, 5.74) is 6.41. The molecule has 0 aromatic heterocycles. The summed E-state index contributed by atoms with van der Waals surface area (Å²) < 4.78 is 5.66. The molecule has 0 radical (unpaired) electrons. The van der Waals surface area contributed by atoms with Crippen LogP contribution in [0.5, 0.6) is 5.75 Å². The van der Waals surface area contributed by atoms with E-state index in [-0.39, 0.29) is 7.43 Å². The molecule has 0 spiro atoms. The molecule has 108 valence electrons. The van der Waals surface area contributed by atoms with E-state index in [0.717, 1.165) is 24.5 Å². The van der Waals surface area contributed by atoms with Gasteiger partial charge in [-0.05, 0) is 76.0 Å². The lowest BCUT2D eigenvalue weighted by molar-refractivity contribution is 0.290. The first-order valence-electron chi connectivity index (χ1n) is 7.05. The monoisotopic (exact) mass is 264 g/mol. The second kappa shape index (κ2) is 8.81. The molecule has 0 unspecified atom stereocenters. The third-order valence-electron chi connectivity index (χ3n) is 3.47. The Labute approximate surface area is 117 Å². The lowest BCUT2D eigenvalue weighted by Crippen LogP contribution is -2.20. The van der Waals surface area contributed by atoms with Gasteiger partial charge in [-0.15, -0.1) is 0 Å². The van der Waals surface area contributed by atoms with E-state index in [1.807, 2.05) is 24.3 Å². The summed E-state index contributed by atoms with van der Waals surface area (Å²) in [4.78, 5) is 2.57. The topological polar surface area (TPSA) is 38.5 Å². The Balaban J connectivity index is 0.00000180. The summed E-state index contributed by atoms with van der Waals surface area (Å²) >= 11 is 0. The molecule has 0 amide bonds. The highest BCUT2D eigenvalue weighted by Crippen LogP contribution is 2.14. The maximum Gasteiger partial charge on any atom is 0.119 e. The van der Waals surface area contributed by atoms with Crippen LogP contribution >= 0.6 is 0 Å². The quantitative estimate of drug-likeness (QED) is 0.604. The number of hydrogen-bond acceptors (Lipinski definition) is 3. The van der Waals surface area contributed by atoms with Crippen molar-refractivity contribution in [2.75, 3.05) is 32.0 Å². The highest BCUT2D eigenvalue weighted by molar-refractivity contribution is 5.41. The third kappa shape index (κ3) is 5.97. The van der Waals surface area contributed by atoms with Crippen LogP contribution in [0.1, 0.15) is 39.5 Å². The van der Waals surface area contributed by atoms with Crippen LogP contribution in [0.3, 0.4) is 0 Å². The van der Waals surface area contributed by atoms with Gasteiger partial charge < -0.3 is 15.4 Å². The van der Waals surface area contributed by atoms with Crippen LogP contribution in [-0.4, -0.2) is 31.1 Å². The van der Waals surface area contributed by atoms with Crippen molar-refractivity contribution in [3.63, 3.8) is 0 Å². The minimum atomic E-state index is 0. The highest BCUT2D eigenvalue weighted by Gasteiger charge is 2.09. The third-order valence-corrected chi connectivity index (χ3v) is 3.47. The van der Waals surface area contributed by atoms with E-state index < -0.39 is 0 Å². The number of rotatable bonds is 7. The predicted octanol–water partition coefficient (Wildman–Crippen LogP) is 3.55. The summed E-state index contributed by atoms with van der Waals surface area (Å²) in [5, 5.41) is 0. The van der Waals surface area contributed by atoms with Crippen LogP contribution in [0.4, 0.5) is 5.69 Å². The first-order chi connectivity index (χ1) is 8.84. The molecule has 2 rings (SSSR count). The molecule has 0 atom stereocenters. The molecule has 3 nitrogen and oxygen atoms in total. The van der Waals surface area contributed by atoms with Gasteiger partial charge in [-0.2, -0.15) is 0 Å². The van der Waals surface area contributed by atoms with E-state index >= 15 is 0 Å². The molecule has 0 bridgehead atoms. The number of anilines is 1. The molecule has 19 heavy (non-hydrogen) atoms. The van der Waals surface area contributed by atoms with Crippen molar-refractivity contribution in [1.82, 2.24) is 4.90 Å². The van der Waals surface area contributed by atoms with Crippen LogP contribution in [0.2, 0.25) is 0 Å². The number of likely N-dealkylation sites (tertiary alicyclic amines) is 1. The van der Waals surface area contributed by atoms with E-state index in [0.29, 0.717) is 0 Å². The number of unbranched alkanes of at least 4 members (excludes halogenated alkanes) is 2. The maximum absolute atomic E-state index is 5.66. The van der Waals surface area contributed by atoms with Gasteiger partial charge in [-0.3, -0.25) is 0 Å². The average Bonchev–Trinajstić information content (AvgIpc) is 2.89. The Hall–Kier alpha value is -1.22. The largest absolute Gasteiger partial charge is 0.494 e. The fourth-order valence-corrected chi connectivity index (χ4v) is 2.37. The zero-order valence-electron chi connectivity index (χ0n) is 11.1. The fourth-order valence-electron chi connectivity index (χ4n) is 2.37. The molecule has 1 aromatic rings. The molecular formula is C16H28N2O. The molecule has 0 aliphatic carbocycles. The van der Waals surface area contributed by atoms with Crippen molar-refractivity contribution >= 4 is 5.69 Å². The van der Waals surface area contributed by atoms with E-state index in [2.05, 4.69) is 4.90 Å². The molecule has 2 N–H and O–H groups in total. The summed E-state index contributed by atoms with van der Waals surface area (Å²) in [7, 11) is 0. The Bertz CT molecular complexity index is 331. The second-order valence-corrected chi connectivity index (χ2v) is 5.03. The van der Waals surface area contributed by atoms with E-state index in [1.54, 1.807) is 0 Å². The van der Waals surface area contributed by atoms with Gasteiger partial charge in [-0.1, -0.05) is 7.43 Å². The molecule has 1 heterocycles. The summed E-state index contributed by atoms with van der Waals surface area (Å²) in [5.74, 6) is 0.920. The Morgan fingerprint density at radius 3 is 2.37 bits per heavy atom. The van der Waals surface area contributed by atoms with Gasteiger partial charge in [0, 0.05) is 5.69 Å². The van der Waals surface area contributed by atoms with Gasteiger partial charge in [0.1, 0.15) is 5.75 Å². The number of benzene rings is 1. The minimum absolute atomic E-state index is 0. The molecule has 1 aliphatic heterocycles. The normalized spacial score (nSPS) is 15.2. The van der Waals surface area contributed by atoms with Gasteiger partial charge in [0.2, 0.25) is 0 Å². The molecule has 1 fully saturated rings. The summed E-state index contributed by atoms with van der Waals surface area (Å²) in [6, 6.07) is 7.62. The average molecular weight is 264 g/mol. The van der Waals surface area contributed by atoms with Gasteiger partial charge >= 0.3 is 0 Å². The zero-order chi connectivity index (χ0) is 12.6. The Kier molecular flexibility index (Phi) is 7.34. The summed E-state index contributed by atoms with van der Waals surface area (Å²) in [6.07, 6.45) is 6.47. The van der Waals surface area contributed by atoms with E-state index in [9.17, 15) is 0 Å². The van der Waals surface area contributed by atoms with Crippen LogP contribution in [-0.2, 0) is 0 Å². The van der Waals surface area contributed by atoms with Gasteiger partial charge in [0.05, 0.1) is 6.61 Å². The SMILES string of the molecule is C.Nc1ccc(OCCCCCN2CCCC2)cc1. The highest BCUT2D eigenvalue weighted by atomic mass is 16.5. The zero-order valence-corrected chi connectivity index (χ0v) is 11.1. The van der Waals surface area contributed by atoms with Crippen LogP contribution in [0, 0.1) is 0 Å². The van der Waals surface area contributed by atoms with Crippen LogP contribution in [0.25, 0.3) is 0 Å². The van der Waals surface area contributed by atoms with Crippen LogP contribution in [0.15, 0.2) is 24.3 Å². The van der Waals surface area contributed by atoms with Crippen molar-refractivity contribution in [1.29, 1.82) is 0 Å². The number of hydrogen-bond donors (Lipinski definition) is 1. The smallest absolute Gasteiger partial charge is 0.119 e. The number of ether oxygens (including phenoxy) is 1. The van der Waals surface area contributed by atoms with Crippen molar-refractivity contribution in [2.45, 2.75) is 39.5 Å². The number of nitrogen functional groups attached to an aromatic ring is 1. The molecular weight excluding hydrogens is 236 g/mol. The van der Waals surface area contributed by atoms with Gasteiger partial charge in [0.25, 0.3) is 0 Å². The van der Waals surface area contributed by atoms with Crippen molar-refractivity contribution in [3.8, 4) is 5.75 Å².